The van der Waals surface area contributed by atoms with E-state index in [-0.39, 0.29) is 12.1 Å². The van der Waals surface area contributed by atoms with Gasteiger partial charge in [0.2, 0.25) is 0 Å². The monoisotopic (exact) mass is 536 g/mol. The van der Waals surface area contributed by atoms with Crippen molar-refractivity contribution < 1.29 is 27.1 Å². The van der Waals surface area contributed by atoms with Crippen molar-refractivity contribution in [1.82, 2.24) is 10.3 Å². The highest BCUT2D eigenvalue weighted by molar-refractivity contribution is 7.99. The van der Waals surface area contributed by atoms with E-state index in [0.29, 0.717) is 33.1 Å². The molecule has 1 heterocycles. The summed E-state index contributed by atoms with van der Waals surface area (Å²) in [6.45, 7) is 6.61. The predicted octanol–water partition coefficient (Wildman–Crippen LogP) is 7.28. The fourth-order valence-corrected chi connectivity index (χ4v) is 6.96. The maximum atomic E-state index is 13.6. The number of hydrogen-bond donors (Lipinski definition) is 1. The lowest BCUT2D eigenvalue weighted by atomic mass is 10.0. The number of nitrogens with zero attached hydrogens (tertiary/aromatic N) is 1. The Kier molecular flexibility index (Phi) is 8.83. The van der Waals surface area contributed by atoms with E-state index < -0.39 is 31.5 Å². The molecule has 0 spiro atoms. The number of aromatic nitrogens is 1. The molecule has 0 atom stereocenters. The summed E-state index contributed by atoms with van der Waals surface area (Å²) in [5.41, 5.74) is 0.945. The Morgan fingerprint density at radius 1 is 1.08 bits per heavy atom. The van der Waals surface area contributed by atoms with Crippen LogP contribution in [0.4, 0.5) is 17.6 Å². The smallest absolute Gasteiger partial charge is 0.416 e. The fraction of sp³-hybridized carbons (Fsp3) is 0.308. The van der Waals surface area contributed by atoms with E-state index in [1.807, 2.05) is 0 Å². The van der Waals surface area contributed by atoms with Crippen molar-refractivity contribution in [3.05, 3.63) is 77.4 Å². The fourth-order valence-electron chi connectivity index (χ4n) is 3.45. The maximum Gasteiger partial charge on any atom is 0.416 e. The molecule has 1 aromatic heterocycles. The van der Waals surface area contributed by atoms with E-state index >= 15 is 0 Å². The Balaban J connectivity index is 1.83. The van der Waals surface area contributed by atoms with Crippen molar-refractivity contribution >= 4 is 25.7 Å². The second-order valence-electron chi connectivity index (χ2n) is 9.46. The number of carbonyl (C=O) groups is 1. The molecule has 0 aliphatic heterocycles. The van der Waals surface area contributed by atoms with Gasteiger partial charge in [-0.3, -0.25) is 9.78 Å². The van der Waals surface area contributed by atoms with E-state index in [9.17, 15) is 22.4 Å². The van der Waals surface area contributed by atoms with Gasteiger partial charge in [-0.25, -0.2) is 4.39 Å². The molecule has 2 aromatic carbocycles. The molecule has 0 aliphatic rings. The van der Waals surface area contributed by atoms with Crippen LogP contribution in [0.1, 0.15) is 21.5 Å². The normalized spacial score (nSPS) is 11.9. The number of methoxy groups -OCH3 is 1. The standard InChI is InChI=1S/C26H28F4N2O2SSi/c1-34-24-14-20(27)5-6-23(24)22-7-8-31-15-18(22)16-32-25(33)17-11-19(26(28,29)30)13-21(12-17)35-9-10-36(2,3)4/h5-8,11-15H,9-10,16H2,1-4H3,(H,32,33). The lowest BCUT2D eigenvalue weighted by Crippen LogP contribution is -2.24. The van der Waals surface area contributed by atoms with Gasteiger partial charge in [0.1, 0.15) is 11.6 Å². The minimum absolute atomic E-state index is 0.0108. The number of amides is 1. The Bertz CT molecular complexity index is 1230. The van der Waals surface area contributed by atoms with Crippen LogP contribution in [0.25, 0.3) is 11.1 Å². The quantitative estimate of drug-likeness (QED) is 0.177. The van der Waals surface area contributed by atoms with Gasteiger partial charge in [0.05, 0.1) is 12.7 Å². The third-order valence-electron chi connectivity index (χ3n) is 5.41. The number of carbonyl (C=O) groups excluding carboxylic acids is 1. The third-order valence-corrected chi connectivity index (χ3v) is 8.50. The molecular formula is C26H28F4N2O2SSi. The summed E-state index contributed by atoms with van der Waals surface area (Å²) in [4.78, 5) is 17.4. The zero-order valence-electron chi connectivity index (χ0n) is 20.5. The van der Waals surface area contributed by atoms with Crippen LogP contribution in [0.5, 0.6) is 5.75 Å². The van der Waals surface area contributed by atoms with E-state index in [1.165, 1.54) is 37.1 Å². The van der Waals surface area contributed by atoms with Gasteiger partial charge in [-0.1, -0.05) is 19.6 Å². The van der Waals surface area contributed by atoms with E-state index in [2.05, 4.69) is 29.9 Å². The van der Waals surface area contributed by atoms with Crippen LogP contribution < -0.4 is 10.1 Å². The zero-order valence-corrected chi connectivity index (χ0v) is 22.3. The molecule has 3 rings (SSSR count). The van der Waals surface area contributed by atoms with Gasteiger partial charge in [0.25, 0.3) is 5.91 Å². The van der Waals surface area contributed by atoms with Crippen LogP contribution in [0.3, 0.4) is 0 Å². The second-order valence-corrected chi connectivity index (χ2v) is 16.3. The van der Waals surface area contributed by atoms with Crippen molar-refractivity contribution in [3.8, 4) is 16.9 Å². The summed E-state index contributed by atoms with van der Waals surface area (Å²) in [5.74, 6) is -0.0837. The van der Waals surface area contributed by atoms with Crippen LogP contribution in [-0.2, 0) is 12.7 Å². The van der Waals surface area contributed by atoms with E-state index in [4.69, 9.17) is 4.74 Å². The first kappa shape index (κ1) is 27.7. The minimum atomic E-state index is -4.57. The summed E-state index contributed by atoms with van der Waals surface area (Å²) < 4.78 is 59.5. The second kappa shape index (κ2) is 11.5. The van der Waals surface area contributed by atoms with E-state index in [0.717, 1.165) is 18.2 Å². The summed E-state index contributed by atoms with van der Waals surface area (Å²) >= 11 is 1.33. The van der Waals surface area contributed by atoms with Crippen molar-refractivity contribution in [3.63, 3.8) is 0 Å². The van der Waals surface area contributed by atoms with Gasteiger partial charge in [0.15, 0.2) is 0 Å². The largest absolute Gasteiger partial charge is 0.496 e. The number of halogens is 4. The molecule has 0 bridgehead atoms. The first-order valence-corrected chi connectivity index (χ1v) is 16.0. The molecule has 0 radical (unpaired) electrons. The molecule has 1 amide bonds. The number of thioether (sulfide) groups is 1. The zero-order chi connectivity index (χ0) is 26.5. The number of rotatable bonds is 9. The third kappa shape index (κ3) is 7.57. The number of hydrogen-bond acceptors (Lipinski definition) is 4. The molecule has 0 aliphatic carbocycles. The average molecular weight is 537 g/mol. The van der Waals surface area contributed by atoms with Gasteiger partial charge in [0, 0.05) is 49.1 Å². The first-order chi connectivity index (χ1) is 16.9. The Hall–Kier alpha value is -2.85. The topological polar surface area (TPSA) is 51.2 Å². The number of alkyl halides is 3. The Morgan fingerprint density at radius 3 is 2.50 bits per heavy atom. The highest BCUT2D eigenvalue weighted by Gasteiger charge is 2.32. The molecule has 0 fully saturated rings. The van der Waals surface area contributed by atoms with Crippen molar-refractivity contribution in [2.24, 2.45) is 0 Å². The summed E-state index contributed by atoms with van der Waals surface area (Å²) in [7, 11) is 0.0760. The summed E-state index contributed by atoms with van der Waals surface area (Å²) in [5, 5.41) is 2.70. The van der Waals surface area contributed by atoms with Crippen LogP contribution in [0, 0.1) is 5.82 Å². The Morgan fingerprint density at radius 2 is 1.83 bits per heavy atom. The lowest BCUT2D eigenvalue weighted by molar-refractivity contribution is -0.137. The molecular weight excluding hydrogens is 508 g/mol. The minimum Gasteiger partial charge on any atom is -0.496 e. The summed E-state index contributed by atoms with van der Waals surface area (Å²) in [6.07, 6.45) is -1.47. The van der Waals surface area contributed by atoms with Crippen LogP contribution in [0.15, 0.2) is 59.8 Å². The van der Waals surface area contributed by atoms with Gasteiger partial charge in [-0.05, 0) is 59.3 Å². The lowest BCUT2D eigenvalue weighted by Gasteiger charge is -2.16. The van der Waals surface area contributed by atoms with Crippen molar-refractivity contribution in [1.29, 1.82) is 0 Å². The van der Waals surface area contributed by atoms with Crippen LogP contribution in [0.2, 0.25) is 25.7 Å². The predicted molar refractivity (Wildman–Crippen MR) is 138 cm³/mol. The highest BCUT2D eigenvalue weighted by Crippen LogP contribution is 2.35. The van der Waals surface area contributed by atoms with Gasteiger partial charge in [-0.2, -0.15) is 13.2 Å². The van der Waals surface area contributed by atoms with Gasteiger partial charge < -0.3 is 10.1 Å². The average Bonchev–Trinajstić information content (AvgIpc) is 2.81. The molecule has 0 unspecified atom stereocenters. The molecule has 36 heavy (non-hydrogen) atoms. The van der Waals surface area contributed by atoms with Crippen molar-refractivity contribution in [2.45, 2.75) is 43.3 Å². The number of benzene rings is 2. The molecule has 0 saturated heterocycles. The highest BCUT2D eigenvalue weighted by atomic mass is 32.2. The Labute approximate surface area is 213 Å². The van der Waals surface area contributed by atoms with Crippen LogP contribution >= 0.6 is 11.8 Å². The molecule has 10 heteroatoms. The molecule has 192 valence electrons. The number of ether oxygens (including phenoxy) is 1. The number of pyridine rings is 1. The molecule has 4 nitrogen and oxygen atoms in total. The molecule has 0 saturated carbocycles. The summed E-state index contributed by atoms with van der Waals surface area (Å²) in [6, 6.07) is 10.2. The SMILES string of the molecule is COc1cc(F)ccc1-c1ccncc1CNC(=O)c1cc(SCC[Si](C)(C)C)cc(C(F)(F)F)c1. The first-order valence-electron chi connectivity index (χ1n) is 11.3. The van der Waals surface area contributed by atoms with Crippen LogP contribution in [-0.4, -0.2) is 31.8 Å². The molecule has 3 aromatic rings. The van der Waals surface area contributed by atoms with Gasteiger partial charge in [-0.15, -0.1) is 11.8 Å². The maximum absolute atomic E-state index is 13.6. The van der Waals surface area contributed by atoms with Crippen molar-refractivity contribution in [2.75, 3.05) is 12.9 Å². The number of nitrogens with one attached hydrogen (secondary N) is 1. The van der Waals surface area contributed by atoms with Gasteiger partial charge >= 0.3 is 6.18 Å². The molecule has 1 N–H and O–H groups in total. The van der Waals surface area contributed by atoms with E-state index in [1.54, 1.807) is 24.5 Å².